The van der Waals surface area contributed by atoms with Crippen molar-refractivity contribution in [3.05, 3.63) is 28.2 Å². The molecular formula is C11H11Cl2NO5. The molecule has 104 valence electrons. The smallest absolute Gasteiger partial charge is 0.334 e. The summed E-state index contributed by atoms with van der Waals surface area (Å²) in [6.45, 7) is -0.750. The number of hydrogen-bond acceptors (Lipinski definition) is 4. The summed E-state index contributed by atoms with van der Waals surface area (Å²) in [4.78, 5) is 21.6. The predicted octanol–water partition coefficient (Wildman–Crippen LogP) is 0.934. The minimum absolute atomic E-state index is 0.255. The van der Waals surface area contributed by atoms with Crippen LogP contribution in [0.1, 0.15) is 0 Å². The van der Waals surface area contributed by atoms with E-state index in [2.05, 4.69) is 5.32 Å². The molecule has 1 unspecified atom stereocenters. The van der Waals surface area contributed by atoms with Crippen LogP contribution in [0.25, 0.3) is 0 Å². The standard InChI is InChI=1S/C11H11Cl2NO5/c12-6-1-2-9(7(13)3-6)19-5-10(16)14-4-8(15)11(17)18/h1-3,8,15H,4-5H2,(H,14,16)(H,17,18). The van der Waals surface area contributed by atoms with Gasteiger partial charge in [0.15, 0.2) is 12.7 Å². The Bertz CT molecular complexity index is 480. The first-order valence-corrected chi connectivity index (χ1v) is 5.91. The first-order valence-electron chi connectivity index (χ1n) is 5.15. The Kier molecular flexibility index (Phi) is 5.88. The number of amides is 1. The number of benzene rings is 1. The largest absolute Gasteiger partial charge is 0.482 e. The molecule has 0 aliphatic rings. The van der Waals surface area contributed by atoms with Crippen molar-refractivity contribution in [3.63, 3.8) is 0 Å². The fourth-order valence-electron chi connectivity index (χ4n) is 1.08. The molecule has 3 N–H and O–H groups in total. The lowest BCUT2D eigenvalue weighted by molar-refractivity contribution is -0.146. The van der Waals surface area contributed by atoms with Crippen molar-refractivity contribution in [1.82, 2.24) is 5.32 Å². The SMILES string of the molecule is O=C(COc1ccc(Cl)cc1Cl)NCC(O)C(=O)O. The zero-order valence-corrected chi connectivity index (χ0v) is 11.1. The molecule has 8 heteroatoms. The molecule has 1 atom stereocenters. The average Bonchev–Trinajstić information content (AvgIpc) is 2.34. The maximum atomic E-state index is 11.3. The van der Waals surface area contributed by atoms with E-state index in [9.17, 15) is 9.59 Å². The number of halogens is 2. The Hall–Kier alpha value is -1.50. The summed E-state index contributed by atoms with van der Waals surface area (Å²) in [7, 11) is 0. The fraction of sp³-hybridized carbons (Fsp3) is 0.273. The quantitative estimate of drug-likeness (QED) is 0.726. The molecule has 0 saturated carbocycles. The van der Waals surface area contributed by atoms with E-state index in [1.165, 1.54) is 12.1 Å². The second-order valence-corrected chi connectivity index (χ2v) is 4.37. The third-order valence-electron chi connectivity index (χ3n) is 2.03. The zero-order chi connectivity index (χ0) is 14.4. The molecule has 0 saturated heterocycles. The molecule has 6 nitrogen and oxygen atoms in total. The van der Waals surface area contributed by atoms with Crippen molar-refractivity contribution in [2.45, 2.75) is 6.10 Å². The van der Waals surface area contributed by atoms with Gasteiger partial charge in [0.25, 0.3) is 5.91 Å². The van der Waals surface area contributed by atoms with E-state index in [4.69, 9.17) is 38.2 Å². The number of aliphatic hydroxyl groups is 1. The van der Waals surface area contributed by atoms with Crippen LogP contribution in [-0.2, 0) is 9.59 Å². The summed E-state index contributed by atoms with van der Waals surface area (Å²) in [6.07, 6.45) is -1.65. The van der Waals surface area contributed by atoms with Crippen LogP contribution in [0, 0.1) is 0 Å². The number of hydrogen-bond donors (Lipinski definition) is 3. The third kappa shape index (κ3) is 5.34. The molecule has 0 radical (unpaired) electrons. The highest BCUT2D eigenvalue weighted by molar-refractivity contribution is 6.35. The Morgan fingerprint density at radius 1 is 1.37 bits per heavy atom. The summed E-state index contributed by atoms with van der Waals surface area (Å²) < 4.78 is 5.11. The van der Waals surface area contributed by atoms with Gasteiger partial charge in [0.05, 0.1) is 11.6 Å². The highest BCUT2D eigenvalue weighted by Gasteiger charge is 2.14. The van der Waals surface area contributed by atoms with Gasteiger partial charge in [0, 0.05) is 5.02 Å². The van der Waals surface area contributed by atoms with Crippen LogP contribution in [0.4, 0.5) is 0 Å². The molecule has 0 fully saturated rings. The highest BCUT2D eigenvalue weighted by atomic mass is 35.5. The molecule has 0 aliphatic carbocycles. The Morgan fingerprint density at radius 2 is 2.05 bits per heavy atom. The number of carboxylic acid groups (broad SMARTS) is 1. The number of ether oxygens (including phenoxy) is 1. The molecule has 1 amide bonds. The van der Waals surface area contributed by atoms with Crippen molar-refractivity contribution in [3.8, 4) is 5.75 Å². The average molecular weight is 308 g/mol. The normalized spacial score (nSPS) is 11.7. The highest BCUT2D eigenvalue weighted by Crippen LogP contribution is 2.27. The predicted molar refractivity (Wildman–Crippen MR) is 68.6 cm³/mol. The zero-order valence-electron chi connectivity index (χ0n) is 9.60. The number of carbonyl (C=O) groups excluding carboxylic acids is 1. The fourth-order valence-corrected chi connectivity index (χ4v) is 1.55. The van der Waals surface area contributed by atoms with E-state index in [1.54, 1.807) is 6.07 Å². The van der Waals surface area contributed by atoms with Crippen LogP contribution in [0.5, 0.6) is 5.75 Å². The molecule has 1 rings (SSSR count). The number of nitrogens with one attached hydrogen (secondary N) is 1. The molecule has 0 aliphatic heterocycles. The first kappa shape index (κ1) is 15.6. The van der Waals surface area contributed by atoms with E-state index in [1.807, 2.05) is 0 Å². The number of carboxylic acids is 1. The van der Waals surface area contributed by atoms with Crippen molar-refractivity contribution < 1.29 is 24.5 Å². The minimum Gasteiger partial charge on any atom is -0.482 e. The summed E-state index contributed by atoms with van der Waals surface area (Å²) in [5.74, 6) is -1.71. The van der Waals surface area contributed by atoms with Gasteiger partial charge in [0.2, 0.25) is 0 Å². The maximum absolute atomic E-state index is 11.3. The summed E-state index contributed by atoms with van der Waals surface area (Å²) in [5, 5.41) is 20.2. The summed E-state index contributed by atoms with van der Waals surface area (Å²) in [5.41, 5.74) is 0. The van der Waals surface area contributed by atoms with Crippen molar-refractivity contribution in [1.29, 1.82) is 0 Å². The molecular weight excluding hydrogens is 297 g/mol. The van der Waals surface area contributed by atoms with E-state index in [-0.39, 0.29) is 17.4 Å². The molecule has 0 aromatic heterocycles. The van der Waals surface area contributed by atoms with Crippen molar-refractivity contribution in [2.75, 3.05) is 13.2 Å². The monoisotopic (exact) mass is 307 g/mol. The van der Waals surface area contributed by atoms with E-state index < -0.39 is 24.5 Å². The Labute approximate surface area is 118 Å². The lowest BCUT2D eigenvalue weighted by Gasteiger charge is -2.10. The maximum Gasteiger partial charge on any atom is 0.334 e. The number of rotatable bonds is 6. The van der Waals surface area contributed by atoms with Crippen molar-refractivity contribution in [2.24, 2.45) is 0 Å². The lowest BCUT2D eigenvalue weighted by Crippen LogP contribution is -2.38. The molecule has 0 spiro atoms. The van der Waals surface area contributed by atoms with Crippen LogP contribution < -0.4 is 10.1 Å². The number of aliphatic hydroxyl groups excluding tert-OH is 1. The summed E-state index contributed by atoms with van der Waals surface area (Å²) >= 11 is 11.5. The van der Waals surface area contributed by atoms with Gasteiger partial charge >= 0.3 is 5.97 Å². The van der Waals surface area contributed by atoms with Crippen LogP contribution >= 0.6 is 23.2 Å². The van der Waals surface area contributed by atoms with E-state index in [0.717, 1.165) is 0 Å². The van der Waals surface area contributed by atoms with Gasteiger partial charge in [-0.2, -0.15) is 0 Å². The molecule has 1 aromatic carbocycles. The van der Waals surface area contributed by atoms with Crippen LogP contribution in [0.2, 0.25) is 10.0 Å². The number of aliphatic carboxylic acids is 1. The third-order valence-corrected chi connectivity index (χ3v) is 2.56. The van der Waals surface area contributed by atoms with Gasteiger partial charge in [-0.3, -0.25) is 4.79 Å². The second kappa shape index (κ2) is 7.18. The van der Waals surface area contributed by atoms with Gasteiger partial charge < -0.3 is 20.3 Å². The van der Waals surface area contributed by atoms with Gasteiger partial charge in [-0.15, -0.1) is 0 Å². The first-order chi connectivity index (χ1) is 8.90. The number of carbonyl (C=O) groups is 2. The van der Waals surface area contributed by atoms with Gasteiger partial charge in [-0.05, 0) is 18.2 Å². The Morgan fingerprint density at radius 3 is 2.63 bits per heavy atom. The molecule has 1 aromatic rings. The van der Waals surface area contributed by atoms with Gasteiger partial charge in [0.1, 0.15) is 5.75 Å². The molecule has 19 heavy (non-hydrogen) atoms. The van der Waals surface area contributed by atoms with Gasteiger partial charge in [-0.1, -0.05) is 23.2 Å². The van der Waals surface area contributed by atoms with E-state index >= 15 is 0 Å². The molecule has 0 heterocycles. The topological polar surface area (TPSA) is 95.9 Å². The van der Waals surface area contributed by atoms with Crippen LogP contribution in [0.15, 0.2) is 18.2 Å². The van der Waals surface area contributed by atoms with Gasteiger partial charge in [-0.25, -0.2) is 4.79 Å². The lowest BCUT2D eigenvalue weighted by atomic mass is 10.3. The Balaban J connectivity index is 2.40. The second-order valence-electron chi connectivity index (χ2n) is 3.52. The molecule has 0 bridgehead atoms. The minimum atomic E-state index is -1.65. The van der Waals surface area contributed by atoms with Crippen molar-refractivity contribution >= 4 is 35.1 Å². The van der Waals surface area contributed by atoms with E-state index in [0.29, 0.717) is 5.02 Å². The van der Waals surface area contributed by atoms with Crippen LogP contribution in [-0.4, -0.2) is 41.3 Å². The summed E-state index contributed by atoms with van der Waals surface area (Å²) in [6, 6.07) is 4.52. The van der Waals surface area contributed by atoms with Crippen LogP contribution in [0.3, 0.4) is 0 Å².